The first-order chi connectivity index (χ1) is 12.6. The van der Waals surface area contributed by atoms with Gasteiger partial charge in [-0.25, -0.2) is 0 Å². The van der Waals surface area contributed by atoms with E-state index in [2.05, 4.69) is 4.98 Å². The predicted octanol–water partition coefficient (Wildman–Crippen LogP) is 4.39. The summed E-state index contributed by atoms with van der Waals surface area (Å²) in [5, 5.41) is 11.6. The van der Waals surface area contributed by atoms with E-state index in [1.54, 1.807) is 30.0 Å². The number of rotatable bonds is 8. The van der Waals surface area contributed by atoms with Crippen molar-refractivity contribution in [1.82, 2.24) is 4.98 Å². The summed E-state index contributed by atoms with van der Waals surface area (Å²) >= 11 is 1.68. The lowest BCUT2D eigenvalue weighted by Gasteiger charge is -2.07. The molecule has 2 aromatic carbocycles. The molecule has 6 nitrogen and oxygen atoms in total. The highest BCUT2D eigenvalue weighted by Gasteiger charge is 2.04. The van der Waals surface area contributed by atoms with Gasteiger partial charge in [0.15, 0.2) is 0 Å². The van der Waals surface area contributed by atoms with E-state index in [4.69, 9.17) is 4.74 Å². The van der Waals surface area contributed by atoms with Crippen molar-refractivity contribution < 1.29 is 9.66 Å². The van der Waals surface area contributed by atoms with Crippen molar-refractivity contribution in [2.24, 2.45) is 0 Å². The van der Waals surface area contributed by atoms with Crippen molar-refractivity contribution in [3.63, 3.8) is 0 Å². The molecule has 0 aliphatic rings. The molecular formula is C19H18N2O4S. The third kappa shape index (κ3) is 4.86. The number of fused-ring (bicyclic) bond motifs is 1. The van der Waals surface area contributed by atoms with Gasteiger partial charge >= 0.3 is 0 Å². The topological polar surface area (TPSA) is 85.2 Å². The first kappa shape index (κ1) is 18.0. The zero-order valence-electron chi connectivity index (χ0n) is 14.0. The second kappa shape index (κ2) is 8.53. The quantitative estimate of drug-likeness (QED) is 0.275. The monoisotopic (exact) mass is 370 g/mol. The molecule has 0 aliphatic carbocycles. The number of unbranched alkanes of at least 4 members (excludes halogenated alkanes) is 1. The number of benzene rings is 2. The van der Waals surface area contributed by atoms with Gasteiger partial charge < -0.3 is 9.72 Å². The van der Waals surface area contributed by atoms with Crippen LogP contribution in [0.25, 0.3) is 10.9 Å². The van der Waals surface area contributed by atoms with Crippen LogP contribution in [0.4, 0.5) is 5.69 Å². The average Bonchev–Trinajstić information content (AvgIpc) is 2.65. The Kier molecular flexibility index (Phi) is 5.91. The number of ether oxygens (including phenoxy) is 1. The van der Waals surface area contributed by atoms with E-state index in [9.17, 15) is 14.9 Å². The molecule has 7 heteroatoms. The minimum Gasteiger partial charge on any atom is -0.494 e. The van der Waals surface area contributed by atoms with Crippen LogP contribution in [0, 0.1) is 10.1 Å². The Morgan fingerprint density at radius 3 is 2.62 bits per heavy atom. The molecule has 0 fully saturated rings. The van der Waals surface area contributed by atoms with Crippen molar-refractivity contribution in [3.05, 3.63) is 75.1 Å². The number of nitrogens with one attached hydrogen (secondary N) is 1. The lowest BCUT2D eigenvalue weighted by atomic mass is 10.2. The van der Waals surface area contributed by atoms with Crippen LogP contribution in [-0.4, -0.2) is 22.3 Å². The van der Waals surface area contributed by atoms with E-state index in [1.807, 2.05) is 18.2 Å². The van der Waals surface area contributed by atoms with E-state index >= 15 is 0 Å². The summed E-state index contributed by atoms with van der Waals surface area (Å²) in [5.41, 5.74) is 0.795. The normalized spacial score (nSPS) is 10.8. The molecule has 1 aromatic heterocycles. The summed E-state index contributed by atoms with van der Waals surface area (Å²) in [5.74, 6) is 1.72. The van der Waals surface area contributed by atoms with Crippen LogP contribution in [0.1, 0.15) is 12.8 Å². The number of aromatic nitrogens is 1. The highest BCUT2D eigenvalue weighted by Crippen LogP contribution is 2.23. The maximum absolute atomic E-state index is 11.3. The lowest BCUT2D eigenvalue weighted by Crippen LogP contribution is -2.02. The third-order valence-corrected chi connectivity index (χ3v) is 4.92. The number of non-ortho nitro benzene ring substituents is 1. The second-order valence-corrected chi connectivity index (χ2v) is 6.90. The van der Waals surface area contributed by atoms with Crippen LogP contribution < -0.4 is 10.3 Å². The molecule has 134 valence electrons. The van der Waals surface area contributed by atoms with E-state index < -0.39 is 4.92 Å². The van der Waals surface area contributed by atoms with Gasteiger partial charge in [0.05, 0.1) is 11.5 Å². The Labute approximate surface area is 154 Å². The number of nitro benzene ring substituents is 1. The summed E-state index contributed by atoms with van der Waals surface area (Å²) < 4.78 is 5.76. The molecule has 0 saturated carbocycles. The van der Waals surface area contributed by atoms with Gasteiger partial charge in [-0.1, -0.05) is 0 Å². The van der Waals surface area contributed by atoms with Gasteiger partial charge in [0.1, 0.15) is 5.75 Å². The number of hydrogen-bond donors (Lipinski definition) is 1. The predicted molar refractivity (Wildman–Crippen MR) is 103 cm³/mol. The molecule has 0 atom stereocenters. The van der Waals surface area contributed by atoms with Crippen molar-refractivity contribution in [1.29, 1.82) is 0 Å². The maximum Gasteiger partial charge on any atom is 0.269 e. The summed E-state index contributed by atoms with van der Waals surface area (Å²) in [6, 6.07) is 15.5. The van der Waals surface area contributed by atoms with E-state index in [0.717, 1.165) is 40.1 Å². The van der Waals surface area contributed by atoms with Crippen molar-refractivity contribution in [2.45, 2.75) is 17.7 Å². The van der Waals surface area contributed by atoms with Gasteiger partial charge in [-0.05, 0) is 55.0 Å². The largest absolute Gasteiger partial charge is 0.494 e. The highest BCUT2D eigenvalue weighted by molar-refractivity contribution is 7.99. The molecule has 26 heavy (non-hydrogen) atoms. The molecule has 1 heterocycles. The molecular weight excluding hydrogens is 352 g/mol. The third-order valence-electron chi connectivity index (χ3n) is 3.82. The number of nitrogens with zero attached hydrogens (tertiary/aromatic N) is 1. The van der Waals surface area contributed by atoms with Gasteiger partial charge in [0, 0.05) is 34.0 Å². The fourth-order valence-corrected chi connectivity index (χ4v) is 3.38. The number of H-pyrrole nitrogens is 1. The molecule has 3 aromatic rings. The molecule has 0 unspecified atom stereocenters. The van der Waals surface area contributed by atoms with Gasteiger partial charge in [0.25, 0.3) is 5.69 Å². The van der Waals surface area contributed by atoms with Crippen LogP contribution >= 0.6 is 11.8 Å². The fourth-order valence-electron chi connectivity index (χ4n) is 2.47. The zero-order chi connectivity index (χ0) is 18.4. The Morgan fingerprint density at radius 2 is 1.85 bits per heavy atom. The van der Waals surface area contributed by atoms with Gasteiger partial charge in [-0.3, -0.25) is 14.9 Å². The summed E-state index contributed by atoms with van der Waals surface area (Å²) in [7, 11) is 0. The van der Waals surface area contributed by atoms with Gasteiger partial charge in [-0.15, -0.1) is 11.8 Å². The standard InChI is InChI=1S/C19H18N2O4S/c22-19-10-3-14-13-16(6-9-18(14)20-19)25-11-1-2-12-26-17-7-4-15(5-8-17)21(23)24/h3-10,13H,1-2,11-12H2,(H,20,22). The second-order valence-electron chi connectivity index (χ2n) is 5.73. The van der Waals surface area contributed by atoms with Crippen molar-refractivity contribution >= 4 is 28.4 Å². The van der Waals surface area contributed by atoms with Gasteiger partial charge in [0.2, 0.25) is 5.56 Å². The summed E-state index contributed by atoms with van der Waals surface area (Å²) in [6.07, 6.45) is 1.91. The molecule has 1 N–H and O–H groups in total. The number of aromatic amines is 1. The average molecular weight is 370 g/mol. The Morgan fingerprint density at radius 1 is 1.04 bits per heavy atom. The van der Waals surface area contributed by atoms with E-state index in [1.165, 1.54) is 18.2 Å². The zero-order valence-corrected chi connectivity index (χ0v) is 14.8. The molecule has 0 amide bonds. The van der Waals surface area contributed by atoms with E-state index in [-0.39, 0.29) is 11.2 Å². The Balaban J connectivity index is 1.39. The number of hydrogen-bond acceptors (Lipinski definition) is 5. The number of nitro groups is 1. The molecule has 3 rings (SSSR count). The molecule has 0 bridgehead atoms. The van der Waals surface area contributed by atoms with Crippen LogP contribution in [0.5, 0.6) is 5.75 Å². The first-order valence-electron chi connectivity index (χ1n) is 8.25. The molecule has 0 saturated heterocycles. The van der Waals surface area contributed by atoms with Crippen LogP contribution in [0.3, 0.4) is 0 Å². The minimum atomic E-state index is -0.393. The Hall–Kier alpha value is -2.80. The van der Waals surface area contributed by atoms with Crippen LogP contribution in [-0.2, 0) is 0 Å². The number of pyridine rings is 1. The number of thioether (sulfide) groups is 1. The molecule has 0 spiro atoms. The summed E-state index contributed by atoms with van der Waals surface area (Å²) in [4.78, 5) is 25.3. The van der Waals surface area contributed by atoms with Crippen LogP contribution in [0.2, 0.25) is 0 Å². The maximum atomic E-state index is 11.3. The SMILES string of the molecule is O=c1ccc2cc(OCCCCSc3ccc([N+](=O)[O-])cc3)ccc2[nH]1. The van der Waals surface area contributed by atoms with Crippen molar-refractivity contribution in [2.75, 3.05) is 12.4 Å². The summed E-state index contributed by atoms with van der Waals surface area (Å²) in [6.45, 7) is 0.621. The fraction of sp³-hybridized carbons (Fsp3) is 0.211. The minimum absolute atomic E-state index is 0.113. The smallest absolute Gasteiger partial charge is 0.269 e. The highest BCUT2D eigenvalue weighted by atomic mass is 32.2. The lowest BCUT2D eigenvalue weighted by molar-refractivity contribution is -0.384. The first-order valence-corrected chi connectivity index (χ1v) is 9.23. The van der Waals surface area contributed by atoms with Gasteiger partial charge in [-0.2, -0.15) is 0 Å². The molecule has 0 radical (unpaired) electrons. The van der Waals surface area contributed by atoms with E-state index in [0.29, 0.717) is 6.61 Å². The Bertz CT molecular complexity index is 954. The van der Waals surface area contributed by atoms with Crippen LogP contribution in [0.15, 0.2) is 64.3 Å². The molecule has 0 aliphatic heterocycles. The van der Waals surface area contributed by atoms with Crippen molar-refractivity contribution in [3.8, 4) is 5.75 Å².